The molecule has 1 N–H and O–H groups in total. The second kappa shape index (κ2) is 13.4. The molecule has 1 atom stereocenters. The van der Waals surface area contributed by atoms with Crippen LogP contribution in [0.5, 0.6) is 5.75 Å². The maximum atomic E-state index is 5.34. The summed E-state index contributed by atoms with van der Waals surface area (Å²) in [6, 6.07) is 8.44. The number of nitrogens with zero attached hydrogens (tertiary/aromatic N) is 3. The molecule has 0 radical (unpaired) electrons. The molecule has 2 heterocycles. The number of ether oxygens (including phenoxy) is 2. The standard InChI is InChI=1S/C23H38N4O2.HI/c1-4-24-23(27-14-11-21(17-27)18-28-2)25-15-19-9-12-26(13-10-19)16-20-5-7-22(29-3)8-6-20;/h5-8,19,21H,4,9-18H2,1-3H3,(H,24,25);1H. The third-order valence-corrected chi connectivity index (χ3v) is 6.09. The normalized spacial score (nSPS) is 20.8. The summed E-state index contributed by atoms with van der Waals surface area (Å²) in [6.07, 6.45) is 3.65. The van der Waals surface area contributed by atoms with Crippen LogP contribution in [0.25, 0.3) is 0 Å². The summed E-state index contributed by atoms with van der Waals surface area (Å²) in [4.78, 5) is 9.97. The van der Waals surface area contributed by atoms with Gasteiger partial charge in [0.05, 0.1) is 13.7 Å². The maximum absolute atomic E-state index is 5.34. The van der Waals surface area contributed by atoms with Crippen molar-refractivity contribution in [3.8, 4) is 5.75 Å². The third kappa shape index (κ3) is 7.57. The molecule has 6 nitrogen and oxygen atoms in total. The lowest BCUT2D eigenvalue weighted by Gasteiger charge is -2.31. The molecule has 2 aliphatic rings. The number of nitrogens with one attached hydrogen (secondary N) is 1. The minimum Gasteiger partial charge on any atom is -0.497 e. The zero-order valence-electron chi connectivity index (χ0n) is 18.8. The monoisotopic (exact) mass is 530 g/mol. The van der Waals surface area contributed by atoms with Gasteiger partial charge in [-0.25, -0.2) is 0 Å². The van der Waals surface area contributed by atoms with E-state index in [1.54, 1.807) is 14.2 Å². The Balaban J connectivity index is 0.00000320. The Labute approximate surface area is 199 Å². The van der Waals surface area contributed by atoms with Crippen LogP contribution in [0.15, 0.2) is 29.3 Å². The van der Waals surface area contributed by atoms with Crippen LogP contribution < -0.4 is 10.1 Å². The lowest BCUT2D eigenvalue weighted by molar-refractivity contribution is 0.157. The lowest BCUT2D eigenvalue weighted by atomic mass is 9.96. The third-order valence-electron chi connectivity index (χ3n) is 6.09. The Kier molecular flexibility index (Phi) is 11.2. The Hall–Kier alpha value is -1.06. The molecule has 0 aliphatic carbocycles. The van der Waals surface area contributed by atoms with Crippen molar-refractivity contribution in [2.24, 2.45) is 16.8 Å². The van der Waals surface area contributed by atoms with Crippen molar-refractivity contribution >= 4 is 29.9 Å². The first-order valence-electron chi connectivity index (χ1n) is 11.1. The molecule has 7 heteroatoms. The highest BCUT2D eigenvalue weighted by Crippen LogP contribution is 2.21. The van der Waals surface area contributed by atoms with Crippen molar-refractivity contribution in [2.75, 3.05) is 60.1 Å². The number of benzene rings is 1. The summed E-state index contributed by atoms with van der Waals surface area (Å²) in [5.41, 5.74) is 1.36. The number of aliphatic imine (C=N–C) groups is 1. The molecule has 1 unspecified atom stereocenters. The van der Waals surface area contributed by atoms with Gasteiger partial charge in [-0.3, -0.25) is 9.89 Å². The first-order chi connectivity index (χ1) is 14.2. The van der Waals surface area contributed by atoms with Crippen LogP contribution in [0.1, 0.15) is 31.7 Å². The fourth-order valence-electron chi connectivity index (χ4n) is 4.35. The van der Waals surface area contributed by atoms with E-state index in [-0.39, 0.29) is 24.0 Å². The Bertz CT molecular complexity index is 633. The first kappa shape index (κ1) is 25.2. The largest absolute Gasteiger partial charge is 0.497 e. The van der Waals surface area contributed by atoms with Crippen LogP contribution in [0, 0.1) is 11.8 Å². The van der Waals surface area contributed by atoms with Gasteiger partial charge in [-0.05, 0) is 62.9 Å². The Morgan fingerprint density at radius 2 is 1.77 bits per heavy atom. The highest BCUT2D eigenvalue weighted by Gasteiger charge is 2.25. The molecule has 1 aromatic rings. The van der Waals surface area contributed by atoms with Gasteiger partial charge in [-0.1, -0.05) is 12.1 Å². The van der Waals surface area contributed by atoms with E-state index in [1.165, 1.54) is 24.8 Å². The summed E-state index contributed by atoms with van der Waals surface area (Å²) in [7, 11) is 3.51. The fourth-order valence-corrected chi connectivity index (χ4v) is 4.35. The number of likely N-dealkylation sites (tertiary alicyclic amines) is 2. The van der Waals surface area contributed by atoms with E-state index in [0.717, 1.165) is 64.1 Å². The molecule has 2 saturated heterocycles. The van der Waals surface area contributed by atoms with E-state index in [2.05, 4.69) is 46.3 Å². The molecule has 2 fully saturated rings. The number of hydrogen-bond donors (Lipinski definition) is 1. The number of halogens is 1. The highest BCUT2D eigenvalue weighted by molar-refractivity contribution is 14.0. The van der Waals surface area contributed by atoms with E-state index in [0.29, 0.717) is 11.8 Å². The fraction of sp³-hybridized carbons (Fsp3) is 0.696. The maximum Gasteiger partial charge on any atom is 0.193 e. The number of methoxy groups -OCH3 is 2. The Morgan fingerprint density at radius 3 is 2.40 bits per heavy atom. The van der Waals surface area contributed by atoms with Crippen molar-refractivity contribution in [2.45, 2.75) is 32.7 Å². The highest BCUT2D eigenvalue weighted by atomic mass is 127. The van der Waals surface area contributed by atoms with Crippen LogP contribution in [0.4, 0.5) is 0 Å². The average molecular weight is 530 g/mol. The number of hydrogen-bond acceptors (Lipinski definition) is 4. The minimum atomic E-state index is 0. The first-order valence-corrected chi connectivity index (χ1v) is 11.1. The van der Waals surface area contributed by atoms with Crippen molar-refractivity contribution in [3.05, 3.63) is 29.8 Å². The summed E-state index contributed by atoms with van der Waals surface area (Å²) in [5, 5.41) is 3.49. The number of guanidine groups is 1. The van der Waals surface area contributed by atoms with Crippen molar-refractivity contribution in [1.29, 1.82) is 0 Å². The second-order valence-corrected chi connectivity index (χ2v) is 8.32. The van der Waals surface area contributed by atoms with Crippen LogP contribution in [0.2, 0.25) is 0 Å². The molecule has 1 aromatic carbocycles. The molecule has 0 aromatic heterocycles. The van der Waals surface area contributed by atoms with E-state index in [1.807, 2.05) is 0 Å². The average Bonchev–Trinajstić information content (AvgIpc) is 3.21. The second-order valence-electron chi connectivity index (χ2n) is 8.32. The SMILES string of the molecule is CCNC(=NCC1CCN(Cc2ccc(OC)cc2)CC1)N1CCC(COC)C1.I. The van der Waals surface area contributed by atoms with Crippen molar-refractivity contribution < 1.29 is 9.47 Å². The Morgan fingerprint density at radius 1 is 1.07 bits per heavy atom. The van der Waals surface area contributed by atoms with Crippen molar-refractivity contribution in [3.63, 3.8) is 0 Å². The van der Waals surface area contributed by atoms with Crippen LogP contribution in [0.3, 0.4) is 0 Å². The van der Waals surface area contributed by atoms with Gasteiger partial charge < -0.3 is 19.7 Å². The molecular weight excluding hydrogens is 491 g/mol. The summed E-state index contributed by atoms with van der Waals surface area (Å²) in [6.45, 7) is 10.3. The molecule has 0 bridgehead atoms. The molecule has 0 spiro atoms. The van der Waals surface area contributed by atoms with Crippen molar-refractivity contribution in [1.82, 2.24) is 15.1 Å². The topological polar surface area (TPSA) is 49.3 Å². The van der Waals surface area contributed by atoms with Gasteiger partial charge in [0.15, 0.2) is 5.96 Å². The summed E-state index contributed by atoms with van der Waals surface area (Å²) >= 11 is 0. The minimum absolute atomic E-state index is 0. The quantitative estimate of drug-likeness (QED) is 0.317. The van der Waals surface area contributed by atoms with Gasteiger partial charge in [0.2, 0.25) is 0 Å². The number of rotatable bonds is 8. The van der Waals surface area contributed by atoms with E-state index in [9.17, 15) is 0 Å². The zero-order chi connectivity index (χ0) is 20.5. The predicted molar refractivity (Wildman–Crippen MR) is 134 cm³/mol. The summed E-state index contributed by atoms with van der Waals surface area (Å²) in [5.74, 6) is 3.33. The van der Waals surface area contributed by atoms with Gasteiger partial charge in [-0.2, -0.15) is 0 Å². The lowest BCUT2D eigenvalue weighted by Crippen LogP contribution is -2.41. The number of piperidine rings is 1. The molecule has 170 valence electrons. The van der Waals surface area contributed by atoms with Gasteiger partial charge in [-0.15, -0.1) is 24.0 Å². The van der Waals surface area contributed by atoms with Crippen LogP contribution >= 0.6 is 24.0 Å². The predicted octanol–water partition coefficient (Wildman–Crippen LogP) is 3.46. The van der Waals surface area contributed by atoms with Gasteiger partial charge in [0.25, 0.3) is 0 Å². The molecule has 3 rings (SSSR count). The summed E-state index contributed by atoms with van der Waals surface area (Å²) < 4.78 is 10.6. The van der Waals surface area contributed by atoms with E-state index < -0.39 is 0 Å². The van der Waals surface area contributed by atoms with Crippen LogP contribution in [-0.2, 0) is 11.3 Å². The molecule has 2 aliphatic heterocycles. The molecule has 30 heavy (non-hydrogen) atoms. The van der Waals surface area contributed by atoms with Gasteiger partial charge >= 0.3 is 0 Å². The van der Waals surface area contributed by atoms with Gasteiger partial charge in [0.1, 0.15) is 5.75 Å². The molecule has 0 saturated carbocycles. The molecule has 0 amide bonds. The van der Waals surface area contributed by atoms with E-state index in [4.69, 9.17) is 14.5 Å². The smallest absolute Gasteiger partial charge is 0.193 e. The zero-order valence-corrected chi connectivity index (χ0v) is 21.1. The molecular formula is C23H39IN4O2. The van der Waals surface area contributed by atoms with Gasteiger partial charge in [0, 0.05) is 45.8 Å². The van der Waals surface area contributed by atoms with E-state index >= 15 is 0 Å². The van der Waals surface area contributed by atoms with Crippen LogP contribution in [-0.4, -0.2) is 75.9 Å².